The third-order valence-corrected chi connectivity index (χ3v) is 3.81. The molecule has 0 saturated carbocycles. The molecule has 0 amide bonds. The van der Waals surface area contributed by atoms with E-state index in [4.69, 9.17) is 15.6 Å². The lowest BCUT2D eigenvalue weighted by Gasteiger charge is -2.18. The number of alkyl halides is 3. The molecule has 0 radical (unpaired) electrons. The molecule has 1 saturated heterocycles. The summed E-state index contributed by atoms with van der Waals surface area (Å²) in [5, 5.41) is 20.9. The number of anilines is 1. The van der Waals surface area contributed by atoms with Gasteiger partial charge in [0.2, 0.25) is 6.23 Å². The van der Waals surface area contributed by atoms with Gasteiger partial charge in [-0.05, 0) is 0 Å². The average molecular weight is 392 g/mol. The van der Waals surface area contributed by atoms with Crippen LogP contribution in [0.2, 0.25) is 0 Å². The maximum Gasteiger partial charge on any atom is 0.428 e. The van der Waals surface area contributed by atoms with Gasteiger partial charge in [0.25, 0.3) is 0 Å². The summed E-state index contributed by atoms with van der Waals surface area (Å²) < 4.78 is 48.3. The second-order valence-corrected chi connectivity index (χ2v) is 5.68. The Hall–Kier alpha value is -2.17. The summed E-state index contributed by atoms with van der Waals surface area (Å²) in [5.74, 6) is 4.77. The third-order valence-electron chi connectivity index (χ3n) is 3.81. The largest absolute Gasteiger partial charge is 0.428 e. The zero-order valence-corrected chi connectivity index (χ0v) is 14.2. The van der Waals surface area contributed by atoms with Gasteiger partial charge in [-0.2, -0.15) is 18.2 Å². The van der Waals surface area contributed by atoms with Gasteiger partial charge in [0.1, 0.15) is 18.1 Å². The van der Waals surface area contributed by atoms with Gasteiger partial charge >= 0.3 is 11.9 Å². The first-order valence-corrected chi connectivity index (χ1v) is 7.82. The quantitative estimate of drug-likeness (QED) is 0.368. The van der Waals surface area contributed by atoms with E-state index < -0.39 is 43.1 Å². The van der Waals surface area contributed by atoms with E-state index in [0.29, 0.717) is 0 Å². The molecule has 1 fully saturated rings. The Morgan fingerprint density at radius 3 is 2.85 bits per heavy atom. The van der Waals surface area contributed by atoms with Gasteiger partial charge in [-0.25, -0.2) is 4.79 Å². The highest BCUT2D eigenvalue weighted by Crippen LogP contribution is 2.27. The molecule has 1 aromatic heterocycles. The van der Waals surface area contributed by atoms with Gasteiger partial charge in [-0.15, -0.1) is 0 Å². The van der Waals surface area contributed by atoms with E-state index in [0.717, 1.165) is 11.7 Å². The van der Waals surface area contributed by atoms with Gasteiger partial charge < -0.3 is 25.4 Å². The normalized spacial score (nSPS) is 23.7. The molecular formula is C15H19F3N4O5. The minimum absolute atomic E-state index is 0.0479. The summed E-state index contributed by atoms with van der Waals surface area (Å²) in [4.78, 5) is 15.6. The summed E-state index contributed by atoms with van der Waals surface area (Å²) in [6.45, 7) is -0.783. The van der Waals surface area contributed by atoms with E-state index in [1.165, 1.54) is 6.20 Å². The maximum atomic E-state index is 12.5. The Morgan fingerprint density at radius 1 is 1.59 bits per heavy atom. The summed E-state index contributed by atoms with van der Waals surface area (Å²) in [7, 11) is 0.909. The van der Waals surface area contributed by atoms with Crippen molar-refractivity contribution >= 4 is 5.82 Å². The van der Waals surface area contributed by atoms with Crippen molar-refractivity contribution in [1.82, 2.24) is 14.9 Å². The molecule has 1 aromatic rings. The number of nitrogen functional groups attached to an aromatic ring is 1. The summed E-state index contributed by atoms with van der Waals surface area (Å²) >= 11 is 0. The molecule has 1 aliphatic rings. The number of aromatic nitrogens is 2. The molecular weight excluding hydrogens is 373 g/mol. The average Bonchev–Trinajstić information content (AvgIpc) is 2.95. The highest BCUT2D eigenvalue weighted by atomic mass is 19.4. The number of hydrogen-bond acceptors (Lipinski definition) is 8. The van der Waals surface area contributed by atoms with Gasteiger partial charge in [-0.3, -0.25) is 9.88 Å². The summed E-state index contributed by atoms with van der Waals surface area (Å²) in [5.41, 5.74) is 4.98. The molecule has 1 aliphatic heterocycles. The molecule has 0 aromatic carbocycles. The molecule has 2 rings (SSSR count). The molecule has 9 nitrogen and oxygen atoms in total. The van der Waals surface area contributed by atoms with E-state index in [2.05, 4.69) is 26.9 Å². The van der Waals surface area contributed by atoms with Crippen molar-refractivity contribution < 1.29 is 32.9 Å². The van der Waals surface area contributed by atoms with E-state index in [-0.39, 0.29) is 24.3 Å². The van der Waals surface area contributed by atoms with Crippen molar-refractivity contribution in [3.63, 3.8) is 0 Å². The number of methoxy groups -OCH3 is 1. The summed E-state index contributed by atoms with van der Waals surface area (Å²) in [6.07, 6.45) is -8.14. The summed E-state index contributed by atoms with van der Waals surface area (Å²) in [6, 6.07) is 0. The number of hydrogen-bond donors (Lipinski definition) is 4. The van der Waals surface area contributed by atoms with Crippen molar-refractivity contribution in [2.45, 2.75) is 37.3 Å². The molecule has 4 unspecified atom stereocenters. The Kier molecular flexibility index (Phi) is 6.79. The Labute approximate surface area is 151 Å². The Morgan fingerprint density at radius 2 is 2.30 bits per heavy atom. The number of ether oxygens (including phenoxy) is 2. The van der Waals surface area contributed by atoms with E-state index in [9.17, 15) is 23.1 Å². The van der Waals surface area contributed by atoms with Crippen LogP contribution in [0.4, 0.5) is 19.0 Å². The third kappa shape index (κ3) is 5.18. The lowest BCUT2D eigenvalue weighted by Crippen LogP contribution is -2.43. The van der Waals surface area contributed by atoms with Crippen LogP contribution in [-0.4, -0.2) is 64.6 Å². The minimum Gasteiger partial charge on any atom is -0.394 e. The number of rotatable bonds is 5. The zero-order valence-electron chi connectivity index (χ0n) is 14.2. The zero-order chi connectivity index (χ0) is 20.2. The lowest BCUT2D eigenvalue weighted by molar-refractivity contribution is -0.221. The van der Waals surface area contributed by atoms with Crippen molar-refractivity contribution in [3.05, 3.63) is 22.2 Å². The second-order valence-electron chi connectivity index (χ2n) is 5.68. The molecule has 2 heterocycles. The highest BCUT2D eigenvalue weighted by molar-refractivity contribution is 5.49. The fraction of sp³-hybridized carbons (Fsp3) is 0.600. The van der Waals surface area contributed by atoms with Crippen LogP contribution in [0.25, 0.3) is 0 Å². The van der Waals surface area contributed by atoms with Crippen molar-refractivity contribution in [2.24, 2.45) is 0 Å². The standard InChI is InChI=1S/C15H19F3N4O5/c1-26-13(15(16,17)18)20-4-2-3-8-6-22(14(25)21-12(8)19)11-5-9(24)10(7-23)27-11/h6,9-11,13,20,23-24H,4-5,7H2,1H3,(H2,19,21,25). The molecule has 5 N–H and O–H groups in total. The van der Waals surface area contributed by atoms with Crippen LogP contribution in [0, 0.1) is 11.8 Å². The monoisotopic (exact) mass is 392 g/mol. The fourth-order valence-electron chi connectivity index (χ4n) is 2.45. The number of nitrogens with one attached hydrogen (secondary N) is 1. The molecule has 0 spiro atoms. The number of halogens is 3. The first-order valence-electron chi connectivity index (χ1n) is 7.82. The highest BCUT2D eigenvalue weighted by Gasteiger charge is 2.39. The minimum atomic E-state index is -4.59. The van der Waals surface area contributed by atoms with Crippen molar-refractivity contribution in [1.29, 1.82) is 0 Å². The smallest absolute Gasteiger partial charge is 0.394 e. The predicted molar refractivity (Wildman–Crippen MR) is 86.3 cm³/mol. The van der Waals surface area contributed by atoms with Crippen LogP contribution in [0.1, 0.15) is 18.2 Å². The van der Waals surface area contributed by atoms with Crippen LogP contribution in [0.15, 0.2) is 11.0 Å². The number of aliphatic hydroxyl groups is 2. The van der Waals surface area contributed by atoms with Gasteiger partial charge in [0, 0.05) is 19.7 Å². The van der Waals surface area contributed by atoms with Crippen molar-refractivity contribution in [3.8, 4) is 11.8 Å². The van der Waals surface area contributed by atoms with E-state index in [1.807, 2.05) is 0 Å². The van der Waals surface area contributed by atoms with Gasteiger partial charge in [0.05, 0.1) is 24.8 Å². The molecule has 27 heavy (non-hydrogen) atoms. The Bertz CT molecular complexity index is 773. The number of nitrogens with zero attached hydrogens (tertiary/aromatic N) is 2. The van der Waals surface area contributed by atoms with Crippen LogP contribution in [-0.2, 0) is 9.47 Å². The van der Waals surface area contributed by atoms with Crippen LogP contribution < -0.4 is 16.7 Å². The van der Waals surface area contributed by atoms with Gasteiger partial charge in [-0.1, -0.05) is 11.8 Å². The number of aliphatic hydroxyl groups excluding tert-OH is 2. The molecule has 4 atom stereocenters. The van der Waals surface area contributed by atoms with Crippen LogP contribution in [0.3, 0.4) is 0 Å². The van der Waals surface area contributed by atoms with E-state index in [1.54, 1.807) is 0 Å². The predicted octanol–water partition coefficient (Wildman–Crippen LogP) is -1.06. The van der Waals surface area contributed by atoms with Crippen LogP contribution in [0.5, 0.6) is 0 Å². The van der Waals surface area contributed by atoms with Crippen molar-refractivity contribution in [2.75, 3.05) is 26.0 Å². The topological polar surface area (TPSA) is 132 Å². The first kappa shape index (κ1) is 21.1. The maximum absolute atomic E-state index is 12.5. The van der Waals surface area contributed by atoms with Crippen LogP contribution >= 0.6 is 0 Å². The molecule has 0 bridgehead atoms. The van der Waals surface area contributed by atoms with E-state index >= 15 is 0 Å². The number of nitrogens with two attached hydrogens (primary N) is 1. The molecule has 150 valence electrons. The SMILES string of the molecule is COC(NCC#Cc1cn(C2CC(O)C(CO)O2)c(=O)nc1N)C(F)(F)F. The Balaban J connectivity index is 2.14. The molecule has 12 heteroatoms. The second kappa shape index (κ2) is 8.68. The van der Waals surface area contributed by atoms with Gasteiger partial charge in [0.15, 0.2) is 0 Å². The first-order chi connectivity index (χ1) is 12.7. The molecule has 0 aliphatic carbocycles. The fourth-order valence-corrected chi connectivity index (χ4v) is 2.45. The lowest BCUT2D eigenvalue weighted by atomic mass is 10.2.